The quantitative estimate of drug-likeness (QED) is 0.910. The van der Waals surface area contributed by atoms with Crippen molar-refractivity contribution < 1.29 is 14.2 Å². The van der Waals surface area contributed by atoms with Crippen LogP contribution < -0.4 is 0 Å². The van der Waals surface area contributed by atoms with Crippen molar-refractivity contribution >= 4 is 0 Å². The summed E-state index contributed by atoms with van der Waals surface area (Å²) in [6, 6.07) is 4.12. The van der Waals surface area contributed by atoms with E-state index in [-0.39, 0.29) is 17.6 Å². The Bertz CT molecular complexity index is 419. The zero-order chi connectivity index (χ0) is 13.8. The Morgan fingerprint density at radius 1 is 1.42 bits per heavy atom. The van der Waals surface area contributed by atoms with Crippen molar-refractivity contribution in [2.45, 2.75) is 25.8 Å². The third kappa shape index (κ3) is 3.67. The van der Waals surface area contributed by atoms with Gasteiger partial charge in [0.2, 0.25) is 0 Å². The van der Waals surface area contributed by atoms with Crippen LogP contribution in [0.4, 0.5) is 4.39 Å². The van der Waals surface area contributed by atoms with Crippen LogP contribution in [0, 0.1) is 11.7 Å². The molecule has 1 unspecified atom stereocenters. The summed E-state index contributed by atoms with van der Waals surface area (Å²) in [5.41, 5.74) is 0.648. The van der Waals surface area contributed by atoms with Gasteiger partial charge in [0.15, 0.2) is 0 Å². The van der Waals surface area contributed by atoms with Crippen molar-refractivity contribution in [2.24, 2.45) is 5.92 Å². The van der Waals surface area contributed by atoms with Crippen LogP contribution in [0.3, 0.4) is 0 Å². The van der Waals surface area contributed by atoms with Gasteiger partial charge in [-0.25, -0.2) is 4.39 Å². The maximum atomic E-state index is 13.3. The van der Waals surface area contributed by atoms with Crippen molar-refractivity contribution in [1.29, 1.82) is 0 Å². The van der Waals surface area contributed by atoms with E-state index in [1.807, 2.05) is 14.0 Å². The highest BCUT2D eigenvalue weighted by Crippen LogP contribution is 2.29. The Morgan fingerprint density at radius 2 is 2.11 bits per heavy atom. The number of halogens is 1. The molecule has 0 radical (unpaired) electrons. The molecule has 1 heterocycles. The molecule has 106 valence electrons. The molecule has 0 aromatic heterocycles. The molecule has 0 amide bonds. The van der Waals surface area contributed by atoms with Gasteiger partial charge in [0.1, 0.15) is 11.6 Å². The lowest BCUT2D eigenvalue weighted by atomic mass is 9.98. The van der Waals surface area contributed by atoms with Gasteiger partial charge in [0, 0.05) is 31.4 Å². The van der Waals surface area contributed by atoms with Crippen LogP contribution in [0.25, 0.3) is 0 Å². The van der Waals surface area contributed by atoms with Gasteiger partial charge in [0.25, 0.3) is 0 Å². The fraction of sp³-hybridized carbons (Fsp3) is 0.600. The fourth-order valence-corrected chi connectivity index (χ4v) is 2.59. The van der Waals surface area contributed by atoms with Crippen molar-refractivity contribution in [2.75, 3.05) is 26.8 Å². The first-order valence-corrected chi connectivity index (χ1v) is 6.84. The van der Waals surface area contributed by atoms with E-state index in [0.29, 0.717) is 11.5 Å². The fourth-order valence-electron chi connectivity index (χ4n) is 2.59. The zero-order valence-electron chi connectivity index (χ0n) is 11.6. The summed E-state index contributed by atoms with van der Waals surface area (Å²) >= 11 is 0. The van der Waals surface area contributed by atoms with Gasteiger partial charge in [0.05, 0.1) is 0 Å². The topological polar surface area (TPSA) is 32.7 Å². The smallest absolute Gasteiger partial charge is 0.123 e. The molecule has 1 fully saturated rings. The number of benzene rings is 1. The summed E-state index contributed by atoms with van der Waals surface area (Å²) in [7, 11) is 2.02. The third-order valence-corrected chi connectivity index (χ3v) is 3.99. The van der Waals surface area contributed by atoms with Crippen LogP contribution in [-0.2, 0) is 4.74 Å². The lowest BCUT2D eigenvalue weighted by molar-refractivity contribution is 0.0511. The normalized spacial score (nSPS) is 18.7. The summed E-state index contributed by atoms with van der Waals surface area (Å²) in [5, 5.41) is 9.85. The average Bonchev–Trinajstić information content (AvgIpc) is 2.42. The van der Waals surface area contributed by atoms with Gasteiger partial charge < -0.3 is 9.84 Å². The molecule has 0 bridgehead atoms. The maximum absolute atomic E-state index is 13.3. The van der Waals surface area contributed by atoms with E-state index in [4.69, 9.17) is 4.74 Å². The summed E-state index contributed by atoms with van der Waals surface area (Å²) in [6.07, 6.45) is 2.15. The standard InChI is InChI=1S/C15H22FNO2/c1-11(14-9-13(16)3-4-15(14)18)17(2)10-12-5-7-19-8-6-12/h3-4,9,11-12,18H,5-8,10H2,1-2H3. The van der Waals surface area contributed by atoms with E-state index in [9.17, 15) is 9.50 Å². The van der Waals surface area contributed by atoms with E-state index in [0.717, 1.165) is 32.6 Å². The highest BCUT2D eigenvalue weighted by atomic mass is 19.1. The summed E-state index contributed by atoms with van der Waals surface area (Å²) in [4.78, 5) is 2.17. The maximum Gasteiger partial charge on any atom is 0.123 e. The molecule has 1 aliphatic heterocycles. The lowest BCUT2D eigenvalue weighted by Crippen LogP contribution is -2.31. The van der Waals surface area contributed by atoms with Crippen molar-refractivity contribution in [3.05, 3.63) is 29.6 Å². The highest BCUT2D eigenvalue weighted by Gasteiger charge is 2.21. The van der Waals surface area contributed by atoms with E-state index < -0.39 is 0 Å². The summed E-state index contributed by atoms with van der Waals surface area (Å²) < 4.78 is 18.6. The van der Waals surface area contributed by atoms with Crippen LogP contribution in [0.5, 0.6) is 5.75 Å². The van der Waals surface area contributed by atoms with Gasteiger partial charge in [-0.1, -0.05) is 0 Å². The first-order valence-electron chi connectivity index (χ1n) is 6.84. The van der Waals surface area contributed by atoms with E-state index in [1.54, 1.807) is 0 Å². The van der Waals surface area contributed by atoms with E-state index in [2.05, 4.69) is 4.90 Å². The van der Waals surface area contributed by atoms with Crippen LogP contribution in [0.1, 0.15) is 31.4 Å². The van der Waals surface area contributed by atoms with Gasteiger partial charge >= 0.3 is 0 Å². The molecule has 1 N–H and O–H groups in total. The lowest BCUT2D eigenvalue weighted by Gasteiger charge is -2.31. The van der Waals surface area contributed by atoms with Crippen LogP contribution in [0.15, 0.2) is 18.2 Å². The highest BCUT2D eigenvalue weighted by molar-refractivity contribution is 5.34. The molecular weight excluding hydrogens is 245 g/mol. The minimum Gasteiger partial charge on any atom is -0.508 e. The minimum absolute atomic E-state index is 0.00135. The molecule has 1 atom stereocenters. The number of hydrogen-bond acceptors (Lipinski definition) is 3. The predicted molar refractivity (Wildman–Crippen MR) is 72.7 cm³/mol. The molecule has 0 aliphatic carbocycles. The number of ether oxygens (including phenoxy) is 1. The Morgan fingerprint density at radius 3 is 2.79 bits per heavy atom. The summed E-state index contributed by atoms with van der Waals surface area (Å²) in [6.45, 7) is 4.60. The Labute approximate surface area is 114 Å². The van der Waals surface area contributed by atoms with Crippen LogP contribution in [-0.4, -0.2) is 36.8 Å². The molecule has 1 aliphatic rings. The first kappa shape index (κ1) is 14.3. The minimum atomic E-state index is -0.306. The van der Waals surface area contributed by atoms with Gasteiger partial charge in [-0.3, -0.25) is 4.90 Å². The van der Waals surface area contributed by atoms with E-state index in [1.165, 1.54) is 18.2 Å². The number of nitrogens with zero attached hydrogens (tertiary/aromatic N) is 1. The number of phenolic OH excluding ortho intramolecular Hbond substituents is 1. The second kappa shape index (κ2) is 6.35. The second-order valence-corrected chi connectivity index (χ2v) is 5.37. The molecule has 1 aromatic carbocycles. The third-order valence-electron chi connectivity index (χ3n) is 3.99. The zero-order valence-corrected chi connectivity index (χ0v) is 11.6. The molecule has 2 rings (SSSR count). The van der Waals surface area contributed by atoms with Crippen molar-refractivity contribution in [1.82, 2.24) is 4.90 Å². The largest absolute Gasteiger partial charge is 0.508 e. The molecule has 4 heteroatoms. The monoisotopic (exact) mass is 267 g/mol. The number of rotatable bonds is 4. The Balaban J connectivity index is 2.01. The second-order valence-electron chi connectivity index (χ2n) is 5.37. The first-order chi connectivity index (χ1) is 9.08. The van der Waals surface area contributed by atoms with E-state index >= 15 is 0 Å². The molecular formula is C15H22FNO2. The van der Waals surface area contributed by atoms with Crippen LogP contribution >= 0.6 is 0 Å². The van der Waals surface area contributed by atoms with Gasteiger partial charge in [-0.2, -0.15) is 0 Å². The molecule has 0 spiro atoms. The predicted octanol–water partition coefficient (Wildman–Crippen LogP) is 2.95. The van der Waals surface area contributed by atoms with Crippen LogP contribution in [0.2, 0.25) is 0 Å². The SMILES string of the molecule is CC(c1cc(F)ccc1O)N(C)CC1CCOCC1. The van der Waals surface area contributed by atoms with Crippen molar-refractivity contribution in [3.8, 4) is 5.75 Å². The van der Waals surface area contributed by atoms with Crippen molar-refractivity contribution in [3.63, 3.8) is 0 Å². The Hall–Kier alpha value is -1.13. The molecule has 1 saturated heterocycles. The van der Waals surface area contributed by atoms with Gasteiger partial charge in [-0.05, 0) is 50.9 Å². The molecule has 0 saturated carbocycles. The number of phenols is 1. The molecule has 1 aromatic rings. The Kier molecular flexibility index (Phi) is 4.77. The average molecular weight is 267 g/mol. The number of hydrogen-bond donors (Lipinski definition) is 1. The number of aromatic hydroxyl groups is 1. The molecule has 3 nitrogen and oxygen atoms in total. The van der Waals surface area contributed by atoms with Gasteiger partial charge in [-0.15, -0.1) is 0 Å². The molecule has 19 heavy (non-hydrogen) atoms. The summed E-state index contributed by atoms with van der Waals surface area (Å²) in [5.74, 6) is 0.476.